The first-order chi connectivity index (χ1) is 8.43. The van der Waals surface area contributed by atoms with Gasteiger partial charge in [-0.15, -0.1) is 0 Å². The van der Waals surface area contributed by atoms with Crippen LogP contribution in [0.3, 0.4) is 0 Å². The fourth-order valence-electron chi connectivity index (χ4n) is 2.58. The SMILES string of the molecule is CC(NCC1CCCCC1C(=O)O)C(=O)N(C)C. The van der Waals surface area contributed by atoms with E-state index in [-0.39, 0.29) is 23.8 Å². The van der Waals surface area contributed by atoms with E-state index in [9.17, 15) is 9.59 Å². The molecule has 5 heteroatoms. The van der Waals surface area contributed by atoms with Crippen LogP contribution < -0.4 is 5.32 Å². The highest BCUT2D eigenvalue weighted by Gasteiger charge is 2.31. The number of rotatable bonds is 5. The molecular weight excluding hydrogens is 232 g/mol. The molecule has 0 aromatic carbocycles. The van der Waals surface area contributed by atoms with Crippen LogP contribution in [-0.2, 0) is 9.59 Å². The molecule has 0 bridgehead atoms. The monoisotopic (exact) mass is 256 g/mol. The lowest BCUT2D eigenvalue weighted by Crippen LogP contribution is -2.45. The van der Waals surface area contributed by atoms with E-state index in [1.807, 2.05) is 6.92 Å². The van der Waals surface area contributed by atoms with E-state index in [0.717, 1.165) is 25.7 Å². The van der Waals surface area contributed by atoms with Gasteiger partial charge in [-0.05, 0) is 32.2 Å². The van der Waals surface area contributed by atoms with E-state index in [2.05, 4.69) is 5.32 Å². The van der Waals surface area contributed by atoms with Crippen LogP contribution in [-0.4, -0.2) is 48.6 Å². The van der Waals surface area contributed by atoms with Gasteiger partial charge in [0.25, 0.3) is 0 Å². The maximum absolute atomic E-state index is 11.7. The average Bonchev–Trinajstić information content (AvgIpc) is 2.35. The average molecular weight is 256 g/mol. The molecule has 0 spiro atoms. The zero-order valence-corrected chi connectivity index (χ0v) is 11.5. The Morgan fingerprint density at radius 3 is 2.50 bits per heavy atom. The molecule has 2 N–H and O–H groups in total. The number of carbonyl (C=O) groups is 2. The normalized spacial score (nSPS) is 25.5. The molecule has 0 aromatic heterocycles. The molecule has 0 radical (unpaired) electrons. The molecule has 18 heavy (non-hydrogen) atoms. The second-order valence-electron chi connectivity index (χ2n) is 5.35. The third kappa shape index (κ3) is 3.98. The highest BCUT2D eigenvalue weighted by Crippen LogP contribution is 2.29. The summed E-state index contributed by atoms with van der Waals surface area (Å²) >= 11 is 0. The summed E-state index contributed by atoms with van der Waals surface area (Å²) in [6, 6.07) is -0.253. The van der Waals surface area contributed by atoms with Crippen molar-refractivity contribution in [3.8, 4) is 0 Å². The van der Waals surface area contributed by atoms with Gasteiger partial charge in [-0.25, -0.2) is 0 Å². The predicted octanol–water partition coefficient (Wildman–Crippen LogP) is 0.944. The fraction of sp³-hybridized carbons (Fsp3) is 0.846. The number of nitrogens with one attached hydrogen (secondary N) is 1. The van der Waals surface area contributed by atoms with Gasteiger partial charge in [0.15, 0.2) is 0 Å². The molecule has 0 saturated heterocycles. The zero-order valence-electron chi connectivity index (χ0n) is 11.5. The lowest BCUT2D eigenvalue weighted by Gasteiger charge is -2.30. The second-order valence-corrected chi connectivity index (χ2v) is 5.35. The van der Waals surface area contributed by atoms with Crippen LogP contribution in [0.1, 0.15) is 32.6 Å². The van der Waals surface area contributed by atoms with Crippen LogP contribution in [0.15, 0.2) is 0 Å². The highest BCUT2D eigenvalue weighted by molar-refractivity contribution is 5.80. The Balaban J connectivity index is 2.45. The standard InChI is InChI=1S/C13H24N2O3/c1-9(12(16)15(2)3)14-8-10-6-4-5-7-11(10)13(17)18/h9-11,14H,4-8H2,1-3H3,(H,17,18). The Morgan fingerprint density at radius 2 is 1.94 bits per heavy atom. The lowest BCUT2D eigenvalue weighted by atomic mass is 9.79. The molecule has 3 unspecified atom stereocenters. The summed E-state index contributed by atoms with van der Waals surface area (Å²) in [6.45, 7) is 2.43. The van der Waals surface area contributed by atoms with Gasteiger partial charge in [-0.2, -0.15) is 0 Å². The van der Waals surface area contributed by atoms with E-state index in [1.54, 1.807) is 19.0 Å². The van der Waals surface area contributed by atoms with E-state index in [0.29, 0.717) is 6.54 Å². The Hall–Kier alpha value is -1.10. The van der Waals surface area contributed by atoms with Crippen LogP contribution >= 0.6 is 0 Å². The van der Waals surface area contributed by atoms with Gasteiger partial charge < -0.3 is 15.3 Å². The molecule has 1 aliphatic carbocycles. The number of carboxylic acids is 1. The van der Waals surface area contributed by atoms with Gasteiger partial charge in [0.05, 0.1) is 12.0 Å². The van der Waals surface area contributed by atoms with Crippen LogP contribution in [0.4, 0.5) is 0 Å². The number of amides is 1. The molecular formula is C13H24N2O3. The van der Waals surface area contributed by atoms with Gasteiger partial charge in [0.1, 0.15) is 0 Å². The van der Waals surface area contributed by atoms with Crippen LogP contribution in [0, 0.1) is 11.8 Å². The number of nitrogens with zero attached hydrogens (tertiary/aromatic N) is 1. The quantitative estimate of drug-likeness (QED) is 0.768. The molecule has 3 atom stereocenters. The predicted molar refractivity (Wildman–Crippen MR) is 69.2 cm³/mol. The van der Waals surface area contributed by atoms with Crippen molar-refractivity contribution in [2.75, 3.05) is 20.6 Å². The molecule has 1 saturated carbocycles. The number of aliphatic carboxylic acids is 1. The molecule has 1 amide bonds. The first-order valence-corrected chi connectivity index (χ1v) is 6.60. The van der Waals surface area contributed by atoms with Crippen molar-refractivity contribution in [3.05, 3.63) is 0 Å². The summed E-state index contributed by atoms with van der Waals surface area (Å²) in [6.07, 6.45) is 3.79. The van der Waals surface area contributed by atoms with Gasteiger partial charge in [0.2, 0.25) is 5.91 Å². The number of carboxylic acid groups (broad SMARTS) is 1. The molecule has 1 fully saturated rings. The van der Waals surface area contributed by atoms with Crippen LogP contribution in [0.2, 0.25) is 0 Å². The zero-order chi connectivity index (χ0) is 13.7. The summed E-state index contributed by atoms with van der Waals surface area (Å²) in [5.74, 6) is -0.785. The van der Waals surface area contributed by atoms with Crippen molar-refractivity contribution in [2.45, 2.75) is 38.6 Å². The van der Waals surface area contributed by atoms with Crippen molar-refractivity contribution < 1.29 is 14.7 Å². The van der Waals surface area contributed by atoms with Crippen molar-refractivity contribution in [2.24, 2.45) is 11.8 Å². The maximum Gasteiger partial charge on any atom is 0.306 e. The molecule has 0 heterocycles. The smallest absolute Gasteiger partial charge is 0.306 e. The van der Waals surface area contributed by atoms with Crippen LogP contribution in [0.5, 0.6) is 0 Å². The summed E-state index contributed by atoms with van der Waals surface area (Å²) in [4.78, 5) is 24.4. The summed E-state index contributed by atoms with van der Waals surface area (Å²) in [5, 5.41) is 12.3. The van der Waals surface area contributed by atoms with E-state index in [1.165, 1.54) is 0 Å². The third-order valence-corrected chi connectivity index (χ3v) is 3.72. The fourth-order valence-corrected chi connectivity index (χ4v) is 2.58. The summed E-state index contributed by atoms with van der Waals surface area (Å²) in [7, 11) is 3.45. The third-order valence-electron chi connectivity index (χ3n) is 3.72. The summed E-state index contributed by atoms with van der Waals surface area (Å²) < 4.78 is 0. The first-order valence-electron chi connectivity index (χ1n) is 6.60. The Kier molecular flexibility index (Phi) is 5.59. The second kappa shape index (κ2) is 6.73. The van der Waals surface area contributed by atoms with Gasteiger partial charge in [-0.3, -0.25) is 9.59 Å². The Labute approximate surface area is 109 Å². The largest absolute Gasteiger partial charge is 0.481 e. The van der Waals surface area contributed by atoms with Crippen molar-refractivity contribution in [1.82, 2.24) is 10.2 Å². The van der Waals surface area contributed by atoms with Crippen molar-refractivity contribution in [3.63, 3.8) is 0 Å². The van der Waals surface area contributed by atoms with Gasteiger partial charge in [0, 0.05) is 14.1 Å². The van der Waals surface area contributed by atoms with Gasteiger partial charge in [-0.1, -0.05) is 12.8 Å². The summed E-state index contributed by atoms with van der Waals surface area (Å²) in [5.41, 5.74) is 0. The highest BCUT2D eigenvalue weighted by atomic mass is 16.4. The molecule has 104 valence electrons. The minimum absolute atomic E-state index is 0.0256. The van der Waals surface area contributed by atoms with Crippen molar-refractivity contribution >= 4 is 11.9 Å². The maximum atomic E-state index is 11.7. The van der Waals surface area contributed by atoms with Gasteiger partial charge >= 0.3 is 5.97 Å². The Bertz CT molecular complexity index is 305. The topological polar surface area (TPSA) is 69.6 Å². The first kappa shape index (κ1) is 15.0. The number of hydrogen-bond acceptors (Lipinski definition) is 3. The number of carbonyl (C=O) groups excluding carboxylic acids is 1. The number of hydrogen-bond donors (Lipinski definition) is 2. The number of likely N-dealkylation sites (N-methyl/N-ethyl adjacent to an activating group) is 1. The van der Waals surface area contributed by atoms with E-state index < -0.39 is 5.97 Å². The Morgan fingerprint density at radius 1 is 1.33 bits per heavy atom. The molecule has 0 aliphatic heterocycles. The van der Waals surface area contributed by atoms with Crippen molar-refractivity contribution in [1.29, 1.82) is 0 Å². The van der Waals surface area contributed by atoms with E-state index >= 15 is 0 Å². The molecule has 5 nitrogen and oxygen atoms in total. The van der Waals surface area contributed by atoms with Crippen LogP contribution in [0.25, 0.3) is 0 Å². The van der Waals surface area contributed by atoms with E-state index in [4.69, 9.17) is 5.11 Å². The molecule has 1 rings (SSSR count). The minimum Gasteiger partial charge on any atom is -0.481 e. The lowest BCUT2D eigenvalue weighted by molar-refractivity contribution is -0.144. The molecule has 0 aromatic rings. The molecule has 1 aliphatic rings. The minimum atomic E-state index is -0.701.